The van der Waals surface area contributed by atoms with Crippen molar-refractivity contribution in [3.8, 4) is 0 Å². The van der Waals surface area contributed by atoms with Gasteiger partial charge in [-0.15, -0.1) is 0 Å². The molecule has 1 amide bonds. The third-order valence-corrected chi connectivity index (χ3v) is 4.94. The van der Waals surface area contributed by atoms with Crippen LogP contribution >= 0.6 is 0 Å². The van der Waals surface area contributed by atoms with E-state index in [1.54, 1.807) is 24.3 Å². The van der Waals surface area contributed by atoms with E-state index in [1.165, 1.54) is 5.56 Å². The Morgan fingerprint density at radius 1 is 1.00 bits per heavy atom. The minimum atomic E-state index is -0.102. The first kappa shape index (κ1) is 18.4. The van der Waals surface area contributed by atoms with Gasteiger partial charge in [0.1, 0.15) is 0 Å². The molecule has 0 aromatic heterocycles. The first-order valence-electron chi connectivity index (χ1n) is 9.30. The number of amides is 1. The molecule has 0 spiro atoms. The molecule has 0 radical (unpaired) electrons. The summed E-state index contributed by atoms with van der Waals surface area (Å²) >= 11 is 0. The molecule has 1 fully saturated rings. The van der Waals surface area contributed by atoms with Gasteiger partial charge in [-0.05, 0) is 35.9 Å². The van der Waals surface area contributed by atoms with E-state index in [9.17, 15) is 4.79 Å². The molecule has 0 unspecified atom stereocenters. The van der Waals surface area contributed by atoms with E-state index in [4.69, 9.17) is 5.73 Å². The summed E-state index contributed by atoms with van der Waals surface area (Å²) in [5.74, 6) is -0.102. The molecule has 26 heavy (non-hydrogen) atoms. The van der Waals surface area contributed by atoms with Gasteiger partial charge in [-0.25, -0.2) is 0 Å². The fraction of sp³-hybridized carbons (Fsp3) is 0.381. The predicted molar refractivity (Wildman–Crippen MR) is 106 cm³/mol. The van der Waals surface area contributed by atoms with Crippen LogP contribution in [0.25, 0.3) is 0 Å². The van der Waals surface area contributed by atoms with Gasteiger partial charge in [0, 0.05) is 50.5 Å². The van der Waals surface area contributed by atoms with Crippen molar-refractivity contribution in [3.05, 3.63) is 65.2 Å². The van der Waals surface area contributed by atoms with Crippen LogP contribution in [0, 0.1) is 0 Å². The summed E-state index contributed by atoms with van der Waals surface area (Å²) in [6.07, 6.45) is 0. The van der Waals surface area contributed by atoms with Crippen molar-refractivity contribution in [2.75, 3.05) is 38.5 Å². The van der Waals surface area contributed by atoms with E-state index in [1.807, 2.05) is 0 Å². The topological polar surface area (TPSA) is 61.6 Å². The van der Waals surface area contributed by atoms with E-state index >= 15 is 0 Å². The van der Waals surface area contributed by atoms with Gasteiger partial charge in [-0.1, -0.05) is 37.3 Å². The summed E-state index contributed by atoms with van der Waals surface area (Å²) in [7, 11) is 0. The molecule has 1 aliphatic rings. The van der Waals surface area contributed by atoms with Crippen molar-refractivity contribution in [2.45, 2.75) is 20.0 Å². The third-order valence-electron chi connectivity index (χ3n) is 4.94. The predicted octanol–water partition coefficient (Wildman–Crippen LogP) is 2.34. The summed E-state index contributed by atoms with van der Waals surface area (Å²) in [5.41, 5.74) is 9.33. The Hall–Kier alpha value is -2.37. The first-order chi connectivity index (χ1) is 12.6. The first-order valence-corrected chi connectivity index (χ1v) is 9.30. The number of piperazine rings is 1. The molecule has 1 heterocycles. The van der Waals surface area contributed by atoms with E-state index < -0.39 is 0 Å². The van der Waals surface area contributed by atoms with Crippen LogP contribution in [0.15, 0.2) is 48.5 Å². The Labute approximate surface area is 155 Å². The molecule has 0 atom stereocenters. The van der Waals surface area contributed by atoms with Crippen molar-refractivity contribution in [3.63, 3.8) is 0 Å². The summed E-state index contributed by atoms with van der Waals surface area (Å²) in [6.45, 7) is 9.45. The lowest BCUT2D eigenvalue weighted by Gasteiger charge is -2.34. The zero-order valence-electron chi connectivity index (χ0n) is 15.4. The second-order valence-corrected chi connectivity index (χ2v) is 6.84. The van der Waals surface area contributed by atoms with Crippen LogP contribution < -0.4 is 11.1 Å². The number of hydrogen-bond donors (Lipinski definition) is 2. The van der Waals surface area contributed by atoms with Crippen molar-refractivity contribution in [1.29, 1.82) is 0 Å². The minimum absolute atomic E-state index is 0.102. The Kier molecular flexibility index (Phi) is 6.26. The number of nitrogen functional groups attached to an aromatic ring is 1. The van der Waals surface area contributed by atoms with Gasteiger partial charge in [-0.3, -0.25) is 9.69 Å². The molecule has 2 aromatic rings. The van der Waals surface area contributed by atoms with Crippen molar-refractivity contribution in [1.82, 2.24) is 15.1 Å². The smallest absolute Gasteiger partial charge is 0.251 e. The summed E-state index contributed by atoms with van der Waals surface area (Å²) in [6, 6.07) is 15.5. The Balaban J connectivity index is 1.48. The molecule has 5 heteroatoms. The maximum Gasteiger partial charge on any atom is 0.251 e. The molecule has 2 aromatic carbocycles. The molecule has 0 saturated carbocycles. The van der Waals surface area contributed by atoms with Gasteiger partial charge in [0.2, 0.25) is 0 Å². The largest absolute Gasteiger partial charge is 0.399 e. The van der Waals surface area contributed by atoms with E-state index in [-0.39, 0.29) is 5.91 Å². The number of hydrogen-bond acceptors (Lipinski definition) is 4. The third kappa shape index (κ3) is 5.07. The highest BCUT2D eigenvalue weighted by Crippen LogP contribution is 2.11. The number of nitrogens with one attached hydrogen (secondary N) is 1. The SMILES string of the molecule is CCN1CCN(Cc2ccc(CNC(=O)c3cccc(N)c3)cc2)CC1. The Morgan fingerprint density at radius 2 is 1.65 bits per heavy atom. The van der Waals surface area contributed by atoms with Crippen LogP contribution in [0.2, 0.25) is 0 Å². The average Bonchev–Trinajstić information content (AvgIpc) is 2.68. The Bertz CT molecular complexity index is 721. The number of carbonyl (C=O) groups is 1. The van der Waals surface area contributed by atoms with Gasteiger partial charge in [0.25, 0.3) is 5.91 Å². The molecule has 1 aliphatic heterocycles. The number of benzene rings is 2. The second-order valence-electron chi connectivity index (χ2n) is 6.84. The van der Waals surface area contributed by atoms with Crippen LogP contribution in [0.1, 0.15) is 28.4 Å². The Morgan fingerprint density at radius 3 is 2.31 bits per heavy atom. The van der Waals surface area contributed by atoms with Crippen LogP contribution in [0.3, 0.4) is 0 Å². The zero-order chi connectivity index (χ0) is 18.4. The number of likely N-dealkylation sites (N-methyl/N-ethyl adjacent to an activating group) is 1. The number of anilines is 1. The maximum atomic E-state index is 12.2. The highest BCUT2D eigenvalue weighted by molar-refractivity contribution is 5.94. The van der Waals surface area contributed by atoms with Gasteiger partial charge in [0.05, 0.1) is 0 Å². The quantitative estimate of drug-likeness (QED) is 0.784. The zero-order valence-corrected chi connectivity index (χ0v) is 15.4. The molecule has 138 valence electrons. The lowest BCUT2D eigenvalue weighted by Crippen LogP contribution is -2.45. The molecule has 3 rings (SSSR count). The van der Waals surface area contributed by atoms with Gasteiger partial charge in [-0.2, -0.15) is 0 Å². The van der Waals surface area contributed by atoms with Crippen molar-refractivity contribution in [2.24, 2.45) is 0 Å². The molecular weight excluding hydrogens is 324 g/mol. The fourth-order valence-corrected chi connectivity index (χ4v) is 3.25. The normalized spacial score (nSPS) is 15.7. The molecule has 3 N–H and O–H groups in total. The van der Waals surface area contributed by atoms with Gasteiger partial charge in [0.15, 0.2) is 0 Å². The van der Waals surface area contributed by atoms with E-state index in [0.717, 1.165) is 44.8 Å². The summed E-state index contributed by atoms with van der Waals surface area (Å²) < 4.78 is 0. The standard InChI is InChI=1S/C21H28N4O/c1-2-24-10-12-25(13-11-24)16-18-8-6-17(7-9-18)15-23-21(26)19-4-3-5-20(22)14-19/h3-9,14H,2,10-13,15-16,22H2,1H3,(H,23,26). The molecular formula is C21H28N4O. The van der Waals surface area contributed by atoms with Crippen LogP contribution in [-0.4, -0.2) is 48.4 Å². The van der Waals surface area contributed by atoms with E-state index in [2.05, 4.69) is 46.3 Å². The lowest BCUT2D eigenvalue weighted by molar-refractivity contribution is 0.0951. The summed E-state index contributed by atoms with van der Waals surface area (Å²) in [4.78, 5) is 17.2. The second kappa shape index (κ2) is 8.83. The fourth-order valence-electron chi connectivity index (χ4n) is 3.25. The number of rotatable bonds is 6. The lowest BCUT2D eigenvalue weighted by atomic mass is 10.1. The monoisotopic (exact) mass is 352 g/mol. The van der Waals surface area contributed by atoms with Gasteiger partial charge >= 0.3 is 0 Å². The average molecular weight is 352 g/mol. The highest BCUT2D eigenvalue weighted by Gasteiger charge is 2.15. The van der Waals surface area contributed by atoms with Gasteiger partial charge < -0.3 is 16.0 Å². The molecule has 5 nitrogen and oxygen atoms in total. The number of nitrogens with zero attached hydrogens (tertiary/aromatic N) is 2. The van der Waals surface area contributed by atoms with E-state index in [0.29, 0.717) is 17.8 Å². The highest BCUT2D eigenvalue weighted by atomic mass is 16.1. The van der Waals surface area contributed by atoms with Crippen LogP contribution in [0.4, 0.5) is 5.69 Å². The number of carbonyl (C=O) groups excluding carboxylic acids is 1. The molecule has 0 bridgehead atoms. The summed E-state index contributed by atoms with van der Waals surface area (Å²) in [5, 5.41) is 2.94. The van der Waals surface area contributed by atoms with Crippen LogP contribution in [-0.2, 0) is 13.1 Å². The molecule has 1 saturated heterocycles. The molecule has 0 aliphatic carbocycles. The maximum absolute atomic E-state index is 12.2. The van der Waals surface area contributed by atoms with Crippen molar-refractivity contribution < 1.29 is 4.79 Å². The number of nitrogens with two attached hydrogens (primary N) is 1. The van der Waals surface area contributed by atoms with Crippen molar-refractivity contribution >= 4 is 11.6 Å². The van der Waals surface area contributed by atoms with Crippen LogP contribution in [0.5, 0.6) is 0 Å². The minimum Gasteiger partial charge on any atom is -0.399 e.